The lowest BCUT2D eigenvalue weighted by molar-refractivity contribution is -0.121. The minimum Gasteiger partial charge on any atom is -0.353 e. The maximum atomic E-state index is 11.5. The Bertz CT molecular complexity index is 168. The van der Waals surface area contributed by atoms with Crippen LogP contribution in [0.15, 0.2) is 0 Å². The zero-order valence-corrected chi connectivity index (χ0v) is 11.3. The van der Waals surface area contributed by atoms with Crippen molar-refractivity contribution in [2.45, 2.75) is 84.6 Å². The van der Waals surface area contributed by atoms with E-state index in [0.717, 1.165) is 25.7 Å². The van der Waals surface area contributed by atoms with Crippen LogP contribution in [0.25, 0.3) is 0 Å². The molecule has 2 nitrogen and oxygen atoms in total. The maximum Gasteiger partial charge on any atom is 0.220 e. The summed E-state index contributed by atoms with van der Waals surface area (Å²) in [5.74, 6) is 0.233. The maximum absolute atomic E-state index is 11.5. The number of hydrogen-bond donors (Lipinski definition) is 1. The van der Waals surface area contributed by atoms with E-state index in [2.05, 4.69) is 26.1 Å². The van der Waals surface area contributed by atoms with Gasteiger partial charge in [0, 0.05) is 12.5 Å². The van der Waals surface area contributed by atoms with Gasteiger partial charge >= 0.3 is 0 Å². The van der Waals surface area contributed by atoms with E-state index in [1.165, 1.54) is 25.7 Å². The van der Waals surface area contributed by atoms with Gasteiger partial charge in [0.15, 0.2) is 0 Å². The van der Waals surface area contributed by atoms with Crippen LogP contribution in [0, 0.1) is 0 Å². The van der Waals surface area contributed by atoms with Crippen molar-refractivity contribution in [3.05, 3.63) is 0 Å². The second-order valence-electron chi connectivity index (χ2n) is 4.65. The van der Waals surface area contributed by atoms with Crippen LogP contribution in [-0.4, -0.2) is 11.9 Å². The van der Waals surface area contributed by atoms with Crippen LogP contribution in [0.2, 0.25) is 0 Å². The van der Waals surface area contributed by atoms with Crippen LogP contribution < -0.4 is 5.32 Å². The highest BCUT2D eigenvalue weighted by Gasteiger charge is 2.10. The summed E-state index contributed by atoms with van der Waals surface area (Å²) >= 11 is 0. The van der Waals surface area contributed by atoms with Gasteiger partial charge in [-0.25, -0.2) is 0 Å². The fourth-order valence-electron chi connectivity index (χ4n) is 1.98. The van der Waals surface area contributed by atoms with Gasteiger partial charge in [-0.15, -0.1) is 0 Å². The molecule has 0 aliphatic carbocycles. The van der Waals surface area contributed by atoms with Crippen LogP contribution >= 0.6 is 0 Å². The average Bonchev–Trinajstić information content (AvgIpc) is 2.25. The van der Waals surface area contributed by atoms with Crippen molar-refractivity contribution in [1.82, 2.24) is 5.32 Å². The summed E-state index contributed by atoms with van der Waals surface area (Å²) in [5.41, 5.74) is 0. The van der Waals surface area contributed by atoms with Crippen LogP contribution in [0.1, 0.15) is 78.6 Å². The highest BCUT2D eigenvalue weighted by atomic mass is 16.1. The topological polar surface area (TPSA) is 29.1 Å². The highest BCUT2D eigenvalue weighted by molar-refractivity contribution is 5.76. The van der Waals surface area contributed by atoms with Gasteiger partial charge in [-0.05, 0) is 19.3 Å². The van der Waals surface area contributed by atoms with Gasteiger partial charge in [0.1, 0.15) is 0 Å². The third-order valence-electron chi connectivity index (χ3n) is 2.89. The Balaban J connectivity index is 3.73. The summed E-state index contributed by atoms with van der Waals surface area (Å²) in [6, 6.07) is 0.418. The summed E-state index contributed by atoms with van der Waals surface area (Å²) in [6.45, 7) is 6.47. The van der Waals surface area contributed by atoms with E-state index in [1.54, 1.807) is 0 Å². The highest BCUT2D eigenvalue weighted by Crippen LogP contribution is 2.10. The zero-order chi connectivity index (χ0) is 12.2. The fraction of sp³-hybridized carbons (Fsp3) is 0.929. The largest absolute Gasteiger partial charge is 0.353 e. The molecule has 0 aliphatic rings. The van der Waals surface area contributed by atoms with Crippen molar-refractivity contribution in [2.24, 2.45) is 0 Å². The third kappa shape index (κ3) is 8.75. The van der Waals surface area contributed by atoms with Crippen molar-refractivity contribution in [3.63, 3.8) is 0 Å². The Morgan fingerprint density at radius 1 is 0.938 bits per heavy atom. The number of hydrogen-bond acceptors (Lipinski definition) is 1. The smallest absolute Gasteiger partial charge is 0.220 e. The first-order chi connectivity index (χ1) is 7.74. The molecule has 0 spiro atoms. The first kappa shape index (κ1) is 15.5. The second kappa shape index (κ2) is 11.0. The zero-order valence-electron chi connectivity index (χ0n) is 11.3. The standard InChI is InChI=1S/C14H29NO/c1-4-7-8-9-12-13(10-5-2)15-14(16)11-6-3/h13H,4-12H2,1-3H3,(H,15,16). The summed E-state index contributed by atoms with van der Waals surface area (Å²) in [4.78, 5) is 11.5. The summed E-state index contributed by atoms with van der Waals surface area (Å²) < 4.78 is 0. The molecular formula is C14H29NO. The van der Waals surface area contributed by atoms with E-state index < -0.39 is 0 Å². The number of unbranched alkanes of at least 4 members (excludes halogenated alkanes) is 3. The first-order valence-corrected chi connectivity index (χ1v) is 7.03. The summed E-state index contributed by atoms with van der Waals surface area (Å²) in [6.07, 6.45) is 10.2. The Hall–Kier alpha value is -0.530. The minimum atomic E-state index is 0.233. The van der Waals surface area contributed by atoms with Crippen molar-refractivity contribution in [2.75, 3.05) is 0 Å². The molecule has 16 heavy (non-hydrogen) atoms. The Morgan fingerprint density at radius 3 is 2.25 bits per heavy atom. The van der Waals surface area contributed by atoms with Crippen molar-refractivity contribution in [1.29, 1.82) is 0 Å². The minimum absolute atomic E-state index is 0.233. The van der Waals surface area contributed by atoms with Gasteiger partial charge in [-0.1, -0.05) is 52.9 Å². The Labute approximate surface area is 101 Å². The molecule has 2 heteroatoms. The number of carbonyl (C=O) groups is 1. The quantitative estimate of drug-likeness (QED) is 0.561. The molecule has 0 saturated carbocycles. The first-order valence-electron chi connectivity index (χ1n) is 7.03. The van der Waals surface area contributed by atoms with Crippen LogP contribution in [0.3, 0.4) is 0 Å². The lowest BCUT2D eigenvalue weighted by atomic mass is 10.0. The molecule has 0 heterocycles. The van der Waals surface area contributed by atoms with Gasteiger partial charge in [-0.3, -0.25) is 4.79 Å². The molecule has 1 N–H and O–H groups in total. The molecule has 1 atom stereocenters. The van der Waals surface area contributed by atoms with E-state index >= 15 is 0 Å². The molecule has 0 aromatic rings. The van der Waals surface area contributed by atoms with Crippen molar-refractivity contribution < 1.29 is 4.79 Å². The number of rotatable bonds is 10. The van der Waals surface area contributed by atoms with Gasteiger partial charge in [0.2, 0.25) is 5.91 Å². The molecule has 0 saturated heterocycles. The van der Waals surface area contributed by atoms with Gasteiger partial charge < -0.3 is 5.32 Å². The predicted molar refractivity (Wildman–Crippen MR) is 70.5 cm³/mol. The molecule has 0 rings (SSSR count). The Morgan fingerprint density at radius 2 is 1.69 bits per heavy atom. The number of nitrogens with one attached hydrogen (secondary N) is 1. The monoisotopic (exact) mass is 227 g/mol. The van der Waals surface area contributed by atoms with Crippen LogP contribution in [0.4, 0.5) is 0 Å². The molecule has 0 bridgehead atoms. The van der Waals surface area contributed by atoms with E-state index in [-0.39, 0.29) is 5.91 Å². The molecule has 0 radical (unpaired) electrons. The molecule has 0 aromatic carbocycles. The number of carbonyl (C=O) groups excluding carboxylic acids is 1. The van der Waals surface area contributed by atoms with Gasteiger partial charge in [0.05, 0.1) is 0 Å². The summed E-state index contributed by atoms with van der Waals surface area (Å²) in [5, 5.41) is 3.16. The fourth-order valence-corrected chi connectivity index (χ4v) is 1.98. The van der Waals surface area contributed by atoms with E-state index in [9.17, 15) is 4.79 Å². The van der Waals surface area contributed by atoms with Crippen LogP contribution in [0.5, 0.6) is 0 Å². The molecule has 1 unspecified atom stereocenters. The van der Waals surface area contributed by atoms with Crippen LogP contribution in [-0.2, 0) is 4.79 Å². The van der Waals surface area contributed by atoms with E-state index in [4.69, 9.17) is 0 Å². The van der Waals surface area contributed by atoms with E-state index in [1.807, 2.05) is 0 Å². The second-order valence-corrected chi connectivity index (χ2v) is 4.65. The van der Waals surface area contributed by atoms with Crippen molar-refractivity contribution >= 4 is 5.91 Å². The molecule has 0 aliphatic heterocycles. The molecular weight excluding hydrogens is 198 g/mol. The molecule has 96 valence electrons. The molecule has 0 aromatic heterocycles. The Kier molecular flexibility index (Phi) is 10.6. The molecule has 1 amide bonds. The normalized spacial score (nSPS) is 12.4. The SMILES string of the molecule is CCCCCCC(CCC)NC(=O)CCC. The van der Waals surface area contributed by atoms with E-state index in [0.29, 0.717) is 12.5 Å². The lowest BCUT2D eigenvalue weighted by Gasteiger charge is -2.17. The van der Waals surface area contributed by atoms with Gasteiger partial charge in [0.25, 0.3) is 0 Å². The number of amides is 1. The third-order valence-corrected chi connectivity index (χ3v) is 2.89. The lowest BCUT2D eigenvalue weighted by Crippen LogP contribution is -2.34. The summed E-state index contributed by atoms with van der Waals surface area (Å²) in [7, 11) is 0. The average molecular weight is 227 g/mol. The predicted octanol–water partition coefficient (Wildman–Crippen LogP) is 4.04. The van der Waals surface area contributed by atoms with Gasteiger partial charge in [-0.2, -0.15) is 0 Å². The van der Waals surface area contributed by atoms with Crippen molar-refractivity contribution in [3.8, 4) is 0 Å². The molecule has 0 fully saturated rings.